The number of benzene rings is 1. The first-order valence-electron chi connectivity index (χ1n) is 8.32. The van der Waals surface area contributed by atoms with Crippen LogP contribution in [0.4, 0.5) is 19.0 Å². The fourth-order valence-electron chi connectivity index (χ4n) is 3.28. The second-order valence-electron chi connectivity index (χ2n) is 6.36. The average Bonchev–Trinajstić information content (AvgIpc) is 2.62. The molecule has 1 fully saturated rings. The summed E-state index contributed by atoms with van der Waals surface area (Å²) >= 11 is 0. The van der Waals surface area contributed by atoms with Crippen molar-refractivity contribution in [2.75, 3.05) is 5.32 Å². The van der Waals surface area contributed by atoms with E-state index >= 15 is 0 Å². The lowest BCUT2D eigenvalue weighted by Gasteiger charge is -2.29. The molecule has 0 atom stereocenters. The number of alkyl halides is 3. The van der Waals surface area contributed by atoms with Crippen LogP contribution in [-0.2, 0) is 0 Å². The third kappa shape index (κ3) is 4.38. The van der Waals surface area contributed by atoms with Crippen molar-refractivity contribution in [3.63, 3.8) is 0 Å². The highest BCUT2D eigenvalue weighted by Gasteiger charge is 2.39. The molecule has 1 heterocycles. The average molecular weight is 348 g/mol. The van der Waals surface area contributed by atoms with Crippen LogP contribution in [0.3, 0.4) is 0 Å². The van der Waals surface area contributed by atoms with Crippen LogP contribution in [0.15, 0.2) is 48.7 Å². The highest BCUT2D eigenvalue weighted by molar-refractivity contribution is 6.00. The Bertz CT molecular complexity index is 706. The largest absolute Gasteiger partial charge is 0.454 e. The van der Waals surface area contributed by atoms with Gasteiger partial charge >= 0.3 is 6.18 Å². The highest BCUT2D eigenvalue weighted by atomic mass is 19.4. The Balaban J connectivity index is 1.55. The minimum atomic E-state index is -4.87. The summed E-state index contributed by atoms with van der Waals surface area (Å²) in [5.74, 6) is -0.809. The highest BCUT2D eigenvalue weighted by Crippen LogP contribution is 2.33. The van der Waals surface area contributed by atoms with Gasteiger partial charge in [0.15, 0.2) is 0 Å². The van der Waals surface area contributed by atoms with E-state index in [-0.39, 0.29) is 6.04 Å². The fourth-order valence-corrected chi connectivity index (χ4v) is 3.28. The number of hydrogen-bond acceptors (Lipinski definition) is 3. The summed E-state index contributed by atoms with van der Waals surface area (Å²) in [6.45, 7) is 0. The molecule has 6 heteroatoms. The molecule has 1 saturated carbocycles. The molecule has 1 N–H and O–H groups in total. The summed E-state index contributed by atoms with van der Waals surface area (Å²) in [7, 11) is 0. The number of carbonyl (C=O) groups excluding carboxylic acids is 1. The van der Waals surface area contributed by atoms with Gasteiger partial charge in [-0.3, -0.25) is 4.79 Å². The van der Waals surface area contributed by atoms with Crippen LogP contribution in [0.1, 0.15) is 47.5 Å². The van der Waals surface area contributed by atoms with E-state index in [1.807, 2.05) is 18.2 Å². The lowest BCUT2D eigenvalue weighted by Crippen LogP contribution is -2.26. The van der Waals surface area contributed by atoms with Gasteiger partial charge in [0.2, 0.25) is 0 Å². The van der Waals surface area contributed by atoms with E-state index < -0.39 is 17.5 Å². The van der Waals surface area contributed by atoms with Crippen LogP contribution in [0.2, 0.25) is 0 Å². The van der Waals surface area contributed by atoms with Crippen LogP contribution in [0.5, 0.6) is 0 Å². The summed E-state index contributed by atoms with van der Waals surface area (Å²) in [6.07, 6.45) is 0.188. The lowest BCUT2D eigenvalue weighted by molar-refractivity contribution is -0.0885. The summed E-state index contributed by atoms with van der Waals surface area (Å²) < 4.78 is 37.2. The van der Waals surface area contributed by atoms with Gasteiger partial charge in [-0.2, -0.15) is 13.2 Å². The first-order chi connectivity index (χ1) is 11.9. The quantitative estimate of drug-likeness (QED) is 0.794. The van der Waals surface area contributed by atoms with Crippen molar-refractivity contribution < 1.29 is 18.0 Å². The smallest absolute Gasteiger partial charge is 0.367 e. The Morgan fingerprint density at radius 1 is 1.00 bits per heavy atom. The zero-order chi connectivity index (χ0) is 17.9. The molecule has 0 spiro atoms. The van der Waals surface area contributed by atoms with Crippen LogP contribution >= 0.6 is 0 Å². The molecule has 1 aliphatic carbocycles. The van der Waals surface area contributed by atoms with Gasteiger partial charge in [-0.15, -0.1) is 0 Å². The fraction of sp³-hybridized carbons (Fsp3) is 0.368. The third-order valence-electron chi connectivity index (χ3n) is 4.63. The Labute approximate surface area is 144 Å². The second kappa shape index (κ2) is 7.25. The lowest BCUT2D eigenvalue weighted by atomic mass is 9.82. The minimum Gasteiger partial charge on any atom is -0.367 e. The molecule has 3 nitrogen and oxygen atoms in total. The van der Waals surface area contributed by atoms with E-state index in [0.29, 0.717) is 11.7 Å². The maximum absolute atomic E-state index is 12.4. The normalized spacial score (nSPS) is 20.9. The monoisotopic (exact) mass is 348 g/mol. The Morgan fingerprint density at radius 2 is 1.68 bits per heavy atom. The molecule has 1 aliphatic rings. The van der Waals surface area contributed by atoms with Crippen molar-refractivity contribution in [1.82, 2.24) is 4.98 Å². The molecule has 0 bridgehead atoms. The van der Waals surface area contributed by atoms with Crippen molar-refractivity contribution in [3.8, 4) is 0 Å². The Hall–Kier alpha value is -2.37. The number of aromatic nitrogens is 1. The van der Waals surface area contributed by atoms with Crippen LogP contribution in [-0.4, -0.2) is 23.0 Å². The number of ketones is 1. The molecule has 0 radical (unpaired) electrons. The molecular formula is C19H19F3N2O. The Kier molecular flexibility index (Phi) is 5.06. The summed E-state index contributed by atoms with van der Waals surface area (Å²) in [4.78, 5) is 15.1. The number of carbonyl (C=O) groups is 1. The van der Waals surface area contributed by atoms with Crippen LogP contribution in [0.25, 0.3) is 0 Å². The second-order valence-corrected chi connectivity index (χ2v) is 6.36. The van der Waals surface area contributed by atoms with Gasteiger partial charge in [-0.25, -0.2) is 4.98 Å². The number of nitrogens with zero attached hydrogens (tertiary/aromatic N) is 1. The molecular weight excluding hydrogens is 329 g/mol. The Morgan fingerprint density at radius 3 is 2.24 bits per heavy atom. The predicted molar refractivity (Wildman–Crippen MR) is 89.7 cm³/mol. The molecule has 2 aromatic rings. The van der Waals surface area contributed by atoms with Gasteiger partial charge in [0.1, 0.15) is 5.82 Å². The van der Waals surface area contributed by atoms with Crippen LogP contribution in [0, 0.1) is 0 Å². The van der Waals surface area contributed by atoms with Crippen molar-refractivity contribution >= 4 is 11.6 Å². The molecule has 25 heavy (non-hydrogen) atoms. The predicted octanol–water partition coefficient (Wildman–Crippen LogP) is 4.96. The number of anilines is 1. The molecule has 0 aliphatic heterocycles. The van der Waals surface area contributed by atoms with Gasteiger partial charge in [0.25, 0.3) is 5.78 Å². The molecule has 3 rings (SSSR count). The molecule has 132 valence electrons. The maximum atomic E-state index is 12.4. The van der Waals surface area contributed by atoms with Crippen molar-refractivity contribution in [2.45, 2.75) is 43.8 Å². The van der Waals surface area contributed by atoms with Crippen LogP contribution < -0.4 is 5.32 Å². The van der Waals surface area contributed by atoms with Gasteiger partial charge in [-0.05, 0) is 49.3 Å². The first kappa shape index (κ1) is 17.5. The molecule has 0 amide bonds. The number of rotatable bonds is 4. The van der Waals surface area contributed by atoms with E-state index in [2.05, 4.69) is 22.4 Å². The summed E-state index contributed by atoms with van der Waals surface area (Å²) in [5.41, 5.74) is 0.917. The number of nitrogens with one attached hydrogen (secondary N) is 1. The summed E-state index contributed by atoms with van der Waals surface area (Å²) in [5, 5.41) is 3.25. The number of hydrogen-bond donors (Lipinski definition) is 1. The van der Waals surface area contributed by atoms with Gasteiger partial charge in [0.05, 0.1) is 0 Å². The van der Waals surface area contributed by atoms with E-state index in [0.717, 1.165) is 31.9 Å². The number of halogens is 3. The maximum Gasteiger partial charge on any atom is 0.454 e. The van der Waals surface area contributed by atoms with Crippen molar-refractivity contribution in [3.05, 3.63) is 59.8 Å². The standard InChI is InChI=1S/C19H19F3N2O/c20-19(21,22)18(25)15-8-11-17(23-12-15)24-16-9-6-14(7-10-16)13-4-2-1-3-5-13/h1-5,8,11-12,14,16H,6-7,9-10H2,(H,23,24). The number of Topliss-reactive ketones (excluding diaryl/α,β-unsaturated/α-hetero) is 1. The van der Waals surface area contributed by atoms with E-state index in [1.165, 1.54) is 17.7 Å². The topological polar surface area (TPSA) is 42.0 Å². The van der Waals surface area contributed by atoms with Gasteiger partial charge in [0, 0.05) is 17.8 Å². The SMILES string of the molecule is O=C(c1ccc(NC2CCC(c3ccccc3)CC2)nc1)C(F)(F)F. The van der Waals surface area contributed by atoms with Gasteiger partial charge in [-0.1, -0.05) is 30.3 Å². The van der Waals surface area contributed by atoms with Gasteiger partial charge < -0.3 is 5.32 Å². The minimum absolute atomic E-state index is 0.247. The van der Waals surface area contributed by atoms with Crippen molar-refractivity contribution in [2.24, 2.45) is 0 Å². The number of pyridine rings is 1. The molecule has 1 aromatic carbocycles. The van der Waals surface area contributed by atoms with Crippen molar-refractivity contribution in [1.29, 1.82) is 0 Å². The summed E-state index contributed by atoms with van der Waals surface area (Å²) in [6, 6.07) is 13.3. The van der Waals surface area contributed by atoms with E-state index in [9.17, 15) is 18.0 Å². The zero-order valence-corrected chi connectivity index (χ0v) is 13.6. The first-order valence-corrected chi connectivity index (χ1v) is 8.32. The molecule has 1 aromatic heterocycles. The van der Waals surface area contributed by atoms with E-state index in [4.69, 9.17) is 0 Å². The third-order valence-corrected chi connectivity index (χ3v) is 4.63. The molecule has 0 saturated heterocycles. The van der Waals surface area contributed by atoms with E-state index in [1.54, 1.807) is 0 Å². The zero-order valence-electron chi connectivity index (χ0n) is 13.6. The molecule has 0 unspecified atom stereocenters.